The Kier molecular flexibility index (Phi) is 2.34. The van der Waals surface area contributed by atoms with E-state index in [-0.39, 0.29) is 41.4 Å². The first-order valence-corrected chi connectivity index (χ1v) is 6.47. The Hall–Kier alpha value is -1.32. The molecule has 3 aliphatic rings. The van der Waals surface area contributed by atoms with Crippen LogP contribution in [0.2, 0.25) is 0 Å². The quantitative estimate of drug-likeness (QED) is 0.553. The number of hydrogen-bond donors (Lipinski definition) is 0. The van der Waals surface area contributed by atoms with Crippen molar-refractivity contribution < 1.29 is 19.1 Å². The zero-order valence-electron chi connectivity index (χ0n) is 10.7. The molecule has 3 rings (SSSR count). The molecule has 0 radical (unpaired) electrons. The molecular weight excluding hydrogens is 232 g/mol. The highest BCUT2D eigenvalue weighted by molar-refractivity contribution is 5.81. The van der Waals surface area contributed by atoms with Crippen molar-refractivity contribution in [2.24, 2.45) is 23.2 Å². The summed E-state index contributed by atoms with van der Waals surface area (Å²) in [5.74, 6) is 0.273. The van der Waals surface area contributed by atoms with Crippen LogP contribution in [0.3, 0.4) is 0 Å². The molecule has 0 amide bonds. The summed E-state index contributed by atoms with van der Waals surface area (Å²) in [6.45, 7) is 7.81. The average Bonchev–Trinajstić information content (AvgIpc) is 2.83. The predicted molar refractivity (Wildman–Crippen MR) is 63.4 cm³/mol. The second-order valence-electron chi connectivity index (χ2n) is 6.19. The summed E-state index contributed by atoms with van der Waals surface area (Å²) >= 11 is 0. The number of hydrogen-bond acceptors (Lipinski definition) is 4. The Morgan fingerprint density at radius 3 is 2.94 bits per heavy atom. The van der Waals surface area contributed by atoms with Crippen molar-refractivity contribution in [3.63, 3.8) is 0 Å². The van der Waals surface area contributed by atoms with Crippen molar-refractivity contribution in [3.8, 4) is 0 Å². The van der Waals surface area contributed by atoms with Gasteiger partial charge in [0.1, 0.15) is 12.2 Å². The van der Waals surface area contributed by atoms with Crippen molar-refractivity contribution in [2.75, 3.05) is 0 Å². The molecule has 4 nitrogen and oxygen atoms in total. The Morgan fingerprint density at radius 2 is 2.28 bits per heavy atom. The normalized spacial score (nSPS) is 43.4. The van der Waals surface area contributed by atoms with Crippen LogP contribution >= 0.6 is 0 Å². The lowest BCUT2D eigenvalue weighted by Gasteiger charge is -2.30. The van der Waals surface area contributed by atoms with Gasteiger partial charge in [0, 0.05) is 23.8 Å². The van der Waals surface area contributed by atoms with E-state index in [4.69, 9.17) is 9.47 Å². The maximum absolute atomic E-state index is 11.4. The molecule has 0 N–H and O–H groups in total. The van der Waals surface area contributed by atoms with Gasteiger partial charge in [0.05, 0.1) is 6.42 Å². The maximum Gasteiger partial charge on any atom is 0.330 e. The molecule has 0 aromatic rings. The molecule has 2 aliphatic carbocycles. The lowest BCUT2D eigenvalue weighted by molar-refractivity contribution is -0.149. The molecular formula is C14H18O4. The Bertz CT molecular complexity index is 426. The maximum atomic E-state index is 11.4. The number of carbonyl (C=O) groups is 2. The minimum atomic E-state index is -0.370. The summed E-state index contributed by atoms with van der Waals surface area (Å²) in [5, 5.41) is 0. The zero-order valence-corrected chi connectivity index (χ0v) is 10.7. The van der Waals surface area contributed by atoms with Gasteiger partial charge in [0.2, 0.25) is 0 Å². The molecule has 0 spiro atoms. The van der Waals surface area contributed by atoms with E-state index < -0.39 is 0 Å². The molecule has 1 saturated heterocycles. The summed E-state index contributed by atoms with van der Waals surface area (Å²) in [6, 6.07) is 0. The van der Waals surface area contributed by atoms with Gasteiger partial charge in [-0.1, -0.05) is 20.4 Å². The molecule has 3 fully saturated rings. The molecule has 18 heavy (non-hydrogen) atoms. The average molecular weight is 250 g/mol. The van der Waals surface area contributed by atoms with E-state index in [1.807, 2.05) is 0 Å². The van der Waals surface area contributed by atoms with Crippen LogP contribution in [0.25, 0.3) is 0 Å². The molecule has 5 unspecified atom stereocenters. The van der Waals surface area contributed by atoms with Gasteiger partial charge < -0.3 is 9.47 Å². The van der Waals surface area contributed by atoms with Gasteiger partial charge in [-0.05, 0) is 11.8 Å². The van der Waals surface area contributed by atoms with Crippen LogP contribution in [0.15, 0.2) is 12.7 Å². The van der Waals surface area contributed by atoms with Crippen LogP contribution in [0.1, 0.15) is 26.7 Å². The van der Waals surface area contributed by atoms with Crippen molar-refractivity contribution >= 4 is 11.9 Å². The highest BCUT2D eigenvalue weighted by atomic mass is 16.6. The first-order chi connectivity index (χ1) is 8.45. The fourth-order valence-corrected chi connectivity index (χ4v) is 4.44. The lowest BCUT2D eigenvalue weighted by atomic mass is 9.78. The van der Waals surface area contributed by atoms with Crippen LogP contribution in [0, 0.1) is 23.2 Å². The van der Waals surface area contributed by atoms with Gasteiger partial charge in [-0.2, -0.15) is 0 Å². The summed E-state index contributed by atoms with van der Waals surface area (Å²) < 4.78 is 10.9. The summed E-state index contributed by atoms with van der Waals surface area (Å²) in [4.78, 5) is 22.8. The van der Waals surface area contributed by atoms with Crippen LogP contribution in [0.4, 0.5) is 0 Å². The van der Waals surface area contributed by atoms with E-state index in [0.29, 0.717) is 12.3 Å². The zero-order chi connectivity index (χ0) is 13.1. The third kappa shape index (κ3) is 1.38. The van der Waals surface area contributed by atoms with Crippen LogP contribution in [-0.2, 0) is 19.1 Å². The summed E-state index contributed by atoms with van der Waals surface area (Å²) in [5.41, 5.74) is 0.0716. The van der Waals surface area contributed by atoms with Gasteiger partial charge in [-0.15, -0.1) is 0 Å². The first kappa shape index (κ1) is 11.8. The van der Waals surface area contributed by atoms with Crippen LogP contribution in [-0.4, -0.2) is 24.1 Å². The van der Waals surface area contributed by atoms with E-state index in [1.54, 1.807) is 0 Å². The minimum absolute atomic E-state index is 0.0381. The molecule has 4 heteroatoms. The number of carbonyl (C=O) groups excluding carboxylic acids is 2. The van der Waals surface area contributed by atoms with Crippen molar-refractivity contribution in [1.29, 1.82) is 0 Å². The van der Waals surface area contributed by atoms with Gasteiger partial charge >= 0.3 is 11.9 Å². The van der Waals surface area contributed by atoms with E-state index in [2.05, 4.69) is 20.4 Å². The molecule has 2 saturated carbocycles. The number of ether oxygens (including phenoxy) is 2. The second kappa shape index (κ2) is 3.59. The summed E-state index contributed by atoms with van der Waals surface area (Å²) in [6.07, 6.45) is 2.41. The number of fused-ring (bicyclic) bond motifs is 5. The van der Waals surface area contributed by atoms with Crippen molar-refractivity contribution in [1.82, 2.24) is 0 Å². The first-order valence-electron chi connectivity index (χ1n) is 6.47. The Balaban J connectivity index is 1.86. The standard InChI is InChI=1S/C14H18O4/c1-4-10(15)17-9-6-8-13-7(5-11(16)18-13)12(9)14(8,2)3/h4,7-9,12-13H,1,5-6H2,2-3H3. The van der Waals surface area contributed by atoms with Gasteiger partial charge in [-0.25, -0.2) is 4.79 Å². The van der Waals surface area contributed by atoms with Crippen molar-refractivity contribution in [2.45, 2.75) is 38.9 Å². The van der Waals surface area contributed by atoms with Crippen LogP contribution < -0.4 is 0 Å². The van der Waals surface area contributed by atoms with E-state index >= 15 is 0 Å². The summed E-state index contributed by atoms with van der Waals surface area (Å²) in [7, 11) is 0. The van der Waals surface area contributed by atoms with E-state index in [1.165, 1.54) is 6.08 Å². The predicted octanol–water partition coefficient (Wildman–Crippen LogP) is 1.69. The SMILES string of the molecule is C=CC(=O)OC1CC2C3OC(=O)CC3C1C2(C)C. The smallest absolute Gasteiger partial charge is 0.330 e. The van der Waals surface area contributed by atoms with Gasteiger partial charge in [0.15, 0.2) is 0 Å². The van der Waals surface area contributed by atoms with Crippen molar-refractivity contribution in [3.05, 3.63) is 12.7 Å². The fourth-order valence-electron chi connectivity index (χ4n) is 4.44. The third-order valence-electron chi connectivity index (χ3n) is 5.09. The van der Waals surface area contributed by atoms with E-state index in [0.717, 1.165) is 6.42 Å². The lowest BCUT2D eigenvalue weighted by Crippen LogP contribution is -2.35. The molecule has 1 heterocycles. The third-order valence-corrected chi connectivity index (χ3v) is 5.09. The van der Waals surface area contributed by atoms with E-state index in [9.17, 15) is 9.59 Å². The highest BCUT2D eigenvalue weighted by Gasteiger charge is 2.67. The van der Waals surface area contributed by atoms with Gasteiger partial charge in [0.25, 0.3) is 0 Å². The molecule has 0 aromatic carbocycles. The number of esters is 2. The van der Waals surface area contributed by atoms with Crippen LogP contribution in [0.5, 0.6) is 0 Å². The largest absolute Gasteiger partial charge is 0.462 e. The van der Waals surface area contributed by atoms with Gasteiger partial charge in [-0.3, -0.25) is 4.79 Å². The molecule has 98 valence electrons. The fraction of sp³-hybridized carbons (Fsp3) is 0.714. The molecule has 1 aliphatic heterocycles. The highest BCUT2D eigenvalue weighted by Crippen LogP contribution is 2.64. The molecule has 2 bridgehead atoms. The molecule has 5 atom stereocenters. The minimum Gasteiger partial charge on any atom is -0.462 e. The Labute approximate surface area is 106 Å². The topological polar surface area (TPSA) is 52.6 Å². The number of rotatable bonds is 2. The monoisotopic (exact) mass is 250 g/mol. The molecule has 0 aromatic heterocycles. The second-order valence-corrected chi connectivity index (χ2v) is 6.19. The Morgan fingerprint density at radius 1 is 1.56 bits per heavy atom.